The second-order valence-corrected chi connectivity index (χ2v) is 4.55. The summed E-state index contributed by atoms with van der Waals surface area (Å²) in [5, 5.41) is 10.4. The summed E-state index contributed by atoms with van der Waals surface area (Å²) in [6.45, 7) is 7.13. The number of nitrogens with one attached hydrogen (secondary N) is 2. The van der Waals surface area contributed by atoms with Crippen molar-refractivity contribution in [1.82, 2.24) is 10.2 Å². The lowest BCUT2D eigenvalue weighted by atomic mass is 10.4. The zero-order valence-corrected chi connectivity index (χ0v) is 12.1. The number of carbonyl (C=O) groups excluding carboxylic acids is 1. The fourth-order valence-electron chi connectivity index (χ4n) is 1.89. The van der Waals surface area contributed by atoms with Crippen molar-refractivity contribution < 1.29 is 14.3 Å². The lowest BCUT2D eigenvalue weighted by Gasteiger charge is -2.22. The summed E-state index contributed by atoms with van der Waals surface area (Å²) in [5.41, 5.74) is 0. The van der Waals surface area contributed by atoms with E-state index in [1.807, 2.05) is 13.8 Å². The van der Waals surface area contributed by atoms with Crippen LogP contribution in [-0.2, 0) is 9.47 Å². The van der Waals surface area contributed by atoms with Crippen molar-refractivity contribution in [3.63, 3.8) is 0 Å². The monoisotopic (exact) mass is 271 g/mol. The molecule has 0 aromatic heterocycles. The Morgan fingerprint density at radius 1 is 1.37 bits per heavy atom. The molecular weight excluding hydrogens is 246 g/mol. The molecule has 1 fully saturated rings. The average molecular weight is 271 g/mol. The van der Waals surface area contributed by atoms with E-state index >= 15 is 0 Å². The number of carbonyl (C=O) groups is 1. The molecule has 6 heteroatoms. The van der Waals surface area contributed by atoms with Crippen molar-refractivity contribution in [2.24, 2.45) is 0 Å². The molecule has 0 aliphatic heterocycles. The van der Waals surface area contributed by atoms with Gasteiger partial charge in [-0.2, -0.15) is 0 Å². The van der Waals surface area contributed by atoms with Crippen LogP contribution in [0.15, 0.2) is 0 Å². The van der Waals surface area contributed by atoms with Crippen molar-refractivity contribution in [3.8, 4) is 0 Å². The Labute approximate surface area is 114 Å². The summed E-state index contributed by atoms with van der Waals surface area (Å²) in [5.74, 6) is 0.297. The van der Waals surface area contributed by atoms with Gasteiger partial charge in [-0.1, -0.05) is 0 Å². The molecule has 2 amide bonds. The van der Waals surface area contributed by atoms with Crippen molar-refractivity contribution in [2.45, 2.75) is 52.4 Å². The van der Waals surface area contributed by atoms with Gasteiger partial charge in [0.25, 0.3) is 0 Å². The van der Waals surface area contributed by atoms with Crippen LogP contribution in [0, 0.1) is 5.41 Å². The molecule has 1 saturated carbocycles. The van der Waals surface area contributed by atoms with Crippen LogP contribution in [0.25, 0.3) is 0 Å². The first-order valence-electron chi connectivity index (χ1n) is 6.95. The van der Waals surface area contributed by atoms with Crippen LogP contribution < -0.4 is 5.32 Å². The predicted molar refractivity (Wildman–Crippen MR) is 73.3 cm³/mol. The Balaban J connectivity index is 2.29. The van der Waals surface area contributed by atoms with Crippen molar-refractivity contribution in [3.05, 3.63) is 0 Å². The number of nitrogens with zero attached hydrogens (tertiary/aromatic N) is 1. The number of amidine groups is 1. The van der Waals surface area contributed by atoms with Gasteiger partial charge in [0.1, 0.15) is 5.84 Å². The van der Waals surface area contributed by atoms with Gasteiger partial charge in [0.2, 0.25) is 0 Å². The summed E-state index contributed by atoms with van der Waals surface area (Å²) in [7, 11) is 0. The van der Waals surface area contributed by atoms with E-state index in [4.69, 9.17) is 14.9 Å². The molecule has 19 heavy (non-hydrogen) atoms. The second kappa shape index (κ2) is 8.12. The summed E-state index contributed by atoms with van der Waals surface area (Å²) in [6, 6.07) is 0.0221. The Morgan fingerprint density at radius 3 is 2.37 bits per heavy atom. The lowest BCUT2D eigenvalue weighted by molar-refractivity contribution is -0.138. The molecule has 0 radical (unpaired) electrons. The molecule has 2 N–H and O–H groups in total. The van der Waals surface area contributed by atoms with Crippen LogP contribution in [-0.4, -0.2) is 48.9 Å². The third kappa shape index (κ3) is 5.57. The SMILES string of the molecule is CCOC(CCNC(=O)N(C(C)=N)C1CC1)OCC. The smallest absolute Gasteiger partial charge is 0.323 e. The molecule has 1 rings (SSSR count). The summed E-state index contributed by atoms with van der Waals surface area (Å²) < 4.78 is 10.8. The molecule has 0 spiro atoms. The molecule has 0 aromatic carbocycles. The Bertz CT molecular complexity index is 300. The van der Waals surface area contributed by atoms with E-state index in [9.17, 15) is 4.79 Å². The van der Waals surface area contributed by atoms with E-state index in [-0.39, 0.29) is 18.4 Å². The van der Waals surface area contributed by atoms with Crippen LogP contribution in [0.5, 0.6) is 0 Å². The number of urea groups is 1. The van der Waals surface area contributed by atoms with E-state index in [1.165, 1.54) is 4.90 Å². The highest BCUT2D eigenvalue weighted by atomic mass is 16.7. The Hall–Kier alpha value is -1.14. The Kier molecular flexibility index (Phi) is 6.80. The van der Waals surface area contributed by atoms with Crippen molar-refractivity contribution >= 4 is 11.9 Å². The van der Waals surface area contributed by atoms with Gasteiger partial charge in [-0.25, -0.2) is 4.79 Å². The first-order valence-corrected chi connectivity index (χ1v) is 6.95. The first-order chi connectivity index (χ1) is 9.10. The number of hydrogen-bond donors (Lipinski definition) is 2. The number of ether oxygens (including phenoxy) is 2. The fourth-order valence-corrected chi connectivity index (χ4v) is 1.89. The first kappa shape index (κ1) is 15.9. The minimum Gasteiger partial charge on any atom is -0.353 e. The zero-order chi connectivity index (χ0) is 14.3. The summed E-state index contributed by atoms with van der Waals surface area (Å²) >= 11 is 0. The third-order valence-corrected chi connectivity index (χ3v) is 2.85. The van der Waals surface area contributed by atoms with Gasteiger partial charge in [-0.05, 0) is 33.6 Å². The molecule has 0 unspecified atom stereocenters. The van der Waals surface area contributed by atoms with Crippen LogP contribution in [0.3, 0.4) is 0 Å². The van der Waals surface area contributed by atoms with E-state index < -0.39 is 0 Å². The summed E-state index contributed by atoms with van der Waals surface area (Å²) in [6.07, 6.45) is 2.32. The van der Waals surface area contributed by atoms with Gasteiger partial charge in [0.05, 0.1) is 0 Å². The summed E-state index contributed by atoms with van der Waals surface area (Å²) in [4.78, 5) is 13.5. The Morgan fingerprint density at radius 2 is 1.95 bits per heavy atom. The maximum atomic E-state index is 12.0. The van der Waals surface area contributed by atoms with Gasteiger partial charge in [-0.15, -0.1) is 0 Å². The normalized spacial score (nSPS) is 14.5. The third-order valence-electron chi connectivity index (χ3n) is 2.85. The van der Waals surface area contributed by atoms with E-state index in [1.54, 1.807) is 6.92 Å². The molecular formula is C13H25N3O3. The molecule has 6 nitrogen and oxygen atoms in total. The second-order valence-electron chi connectivity index (χ2n) is 4.55. The van der Waals surface area contributed by atoms with E-state index in [2.05, 4.69) is 5.32 Å². The number of amides is 2. The molecule has 0 saturated heterocycles. The van der Waals surface area contributed by atoms with Gasteiger partial charge in [0.15, 0.2) is 6.29 Å². The van der Waals surface area contributed by atoms with Crippen molar-refractivity contribution in [1.29, 1.82) is 5.41 Å². The van der Waals surface area contributed by atoms with Gasteiger partial charge < -0.3 is 14.8 Å². The molecule has 1 aliphatic rings. The minimum absolute atomic E-state index is 0.193. The van der Waals surface area contributed by atoms with Crippen LogP contribution in [0.1, 0.15) is 40.0 Å². The van der Waals surface area contributed by atoms with Crippen LogP contribution in [0.2, 0.25) is 0 Å². The van der Waals surface area contributed by atoms with E-state index in [0.29, 0.717) is 32.0 Å². The molecule has 110 valence electrons. The maximum Gasteiger partial charge on any atom is 0.323 e. The molecule has 0 atom stereocenters. The quantitative estimate of drug-likeness (QED) is 0.402. The van der Waals surface area contributed by atoms with Gasteiger partial charge in [0, 0.05) is 32.2 Å². The fraction of sp³-hybridized carbons (Fsp3) is 0.846. The zero-order valence-electron chi connectivity index (χ0n) is 12.1. The molecule has 0 bridgehead atoms. The minimum atomic E-state index is -0.272. The number of hydrogen-bond acceptors (Lipinski definition) is 4. The van der Waals surface area contributed by atoms with Crippen LogP contribution in [0.4, 0.5) is 4.79 Å². The highest BCUT2D eigenvalue weighted by Gasteiger charge is 2.33. The average Bonchev–Trinajstić information content (AvgIpc) is 3.13. The standard InChI is InChI=1S/C13H25N3O3/c1-4-18-12(19-5-2)8-9-15-13(17)16(10(3)14)11-6-7-11/h11-12,14H,4-9H2,1-3H3,(H,15,17). The van der Waals surface area contributed by atoms with Crippen molar-refractivity contribution in [2.75, 3.05) is 19.8 Å². The highest BCUT2D eigenvalue weighted by molar-refractivity contribution is 5.95. The largest absolute Gasteiger partial charge is 0.353 e. The van der Waals surface area contributed by atoms with Crippen LogP contribution >= 0.6 is 0 Å². The van der Waals surface area contributed by atoms with E-state index in [0.717, 1.165) is 12.8 Å². The number of rotatable bonds is 8. The molecule has 1 aliphatic carbocycles. The topological polar surface area (TPSA) is 74.7 Å². The predicted octanol–water partition coefficient (Wildman–Crippen LogP) is 1.95. The lowest BCUT2D eigenvalue weighted by Crippen LogP contribution is -2.44. The van der Waals surface area contributed by atoms with Gasteiger partial charge in [-0.3, -0.25) is 10.3 Å². The molecule has 0 heterocycles. The maximum absolute atomic E-state index is 12.0. The molecule has 0 aromatic rings. The van der Waals surface area contributed by atoms with Gasteiger partial charge >= 0.3 is 6.03 Å². The highest BCUT2D eigenvalue weighted by Crippen LogP contribution is 2.26.